The Kier molecular flexibility index (Phi) is 4.92. The first-order valence-electron chi connectivity index (χ1n) is 8.33. The van der Waals surface area contributed by atoms with E-state index < -0.39 is 11.7 Å². The molecule has 1 heterocycles. The van der Waals surface area contributed by atoms with Crippen LogP contribution in [-0.2, 0) is 6.18 Å². The number of alkyl halides is 3. The Morgan fingerprint density at radius 2 is 1.83 bits per heavy atom. The Hall–Kier alpha value is -1.47. The summed E-state index contributed by atoms with van der Waals surface area (Å²) >= 11 is 0. The molecule has 4 nitrogen and oxygen atoms in total. The van der Waals surface area contributed by atoms with Gasteiger partial charge in [-0.25, -0.2) is 0 Å². The summed E-state index contributed by atoms with van der Waals surface area (Å²) in [6, 6.07) is 3.36. The Morgan fingerprint density at radius 3 is 2.42 bits per heavy atom. The van der Waals surface area contributed by atoms with E-state index in [1.807, 2.05) is 0 Å². The van der Waals surface area contributed by atoms with Crippen LogP contribution in [0.4, 0.5) is 13.2 Å². The molecule has 24 heavy (non-hydrogen) atoms. The molecule has 1 aliphatic heterocycles. The van der Waals surface area contributed by atoms with Crippen LogP contribution in [0.1, 0.15) is 31.7 Å². The molecule has 2 fully saturated rings. The Bertz CT molecular complexity index is 565. The van der Waals surface area contributed by atoms with E-state index in [0.717, 1.165) is 31.4 Å². The summed E-state index contributed by atoms with van der Waals surface area (Å²) < 4.78 is 50.2. The smallest absolute Gasteiger partial charge is 0.416 e. The highest BCUT2D eigenvalue weighted by Gasteiger charge is 2.41. The highest BCUT2D eigenvalue weighted by Crippen LogP contribution is 2.41. The molecule has 7 heteroatoms. The standard InChI is InChI=1S/C17H22F3NO3/c1-2-23-15-8-13(17(18,19)20)6-7-14(15)24-16-11-4-3-5-12(16)10-21(22)9-11/h6-8,11-12,16,22H,2-5,9-10H2,1H3/t11-,12-/m0/s1. The molecule has 1 aromatic rings. The third-order valence-electron chi connectivity index (χ3n) is 4.80. The van der Waals surface area contributed by atoms with Gasteiger partial charge < -0.3 is 14.7 Å². The Balaban J connectivity index is 1.83. The number of fused-ring (bicyclic) bond motifs is 2. The minimum Gasteiger partial charge on any atom is -0.490 e. The van der Waals surface area contributed by atoms with Crippen LogP contribution in [-0.4, -0.2) is 36.1 Å². The van der Waals surface area contributed by atoms with E-state index in [1.54, 1.807) is 6.92 Å². The third-order valence-corrected chi connectivity index (χ3v) is 4.80. The van der Waals surface area contributed by atoms with Crippen LogP contribution in [0.5, 0.6) is 11.5 Å². The van der Waals surface area contributed by atoms with Gasteiger partial charge in [0.15, 0.2) is 11.5 Å². The zero-order valence-electron chi connectivity index (χ0n) is 13.6. The van der Waals surface area contributed by atoms with Gasteiger partial charge in [-0.05, 0) is 38.0 Å². The molecule has 1 aliphatic carbocycles. The van der Waals surface area contributed by atoms with Gasteiger partial charge in [0.05, 0.1) is 12.2 Å². The van der Waals surface area contributed by atoms with Crippen molar-refractivity contribution in [3.8, 4) is 11.5 Å². The first-order valence-corrected chi connectivity index (χ1v) is 8.33. The van der Waals surface area contributed by atoms with Gasteiger partial charge in [0.1, 0.15) is 6.10 Å². The van der Waals surface area contributed by atoms with Crippen molar-refractivity contribution in [2.45, 2.75) is 38.5 Å². The lowest BCUT2D eigenvalue weighted by Crippen LogP contribution is -2.52. The quantitative estimate of drug-likeness (QED) is 0.896. The van der Waals surface area contributed by atoms with Crippen LogP contribution in [0.2, 0.25) is 0 Å². The molecule has 1 N–H and O–H groups in total. The Labute approximate surface area is 139 Å². The number of hydrogen-bond donors (Lipinski definition) is 1. The van der Waals surface area contributed by atoms with Crippen LogP contribution in [0, 0.1) is 11.8 Å². The number of halogens is 3. The van der Waals surface area contributed by atoms with Gasteiger partial charge in [0.25, 0.3) is 0 Å². The molecule has 1 saturated heterocycles. The lowest BCUT2D eigenvalue weighted by molar-refractivity contribution is -0.170. The van der Waals surface area contributed by atoms with E-state index in [-0.39, 0.29) is 30.3 Å². The maximum atomic E-state index is 12.9. The van der Waals surface area contributed by atoms with E-state index in [1.165, 1.54) is 11.1 Å². The number of nitrogens with zero attached hydrogens (tertiary/aromatic N) is 1. The summed E-state index contributed by atoms with van der Waals surface area (Å²) in [6.07, 6.45) is -1.53. The maximum absolute atomic E-state index is 12.9. The van der Waals surface area contributed by atoms with Crippen molar-refractivity contribution in [2.75, 3.05) is 19.7 Å². The van der Waals surface area contributed by atoms with Crippen molar-refractivity contribution >= 4 is 0 Å². The SMILES string of the molecule is CCOc1cc(C(F)(F)F)ccc1OC1[C@H]2CCC[C@H]1CN(O)C2. The van der Waals surface area contributed by atoms with Crippen molar-refractivity contribution in [1.82, 2.24) is 5.06 Å². The van der Waals surface area contributed by atoms with E-state index in [4.69, 9.17) is 9.47 Å². The fourth-order valence-corrected chi connectivity index (χ4v) is 3.75. The third kappa shape index (κ3) is 3.62. The van der Waals surface area contributed by atoms with Crippen LogP contribution >= 0.6 is 0 Å². The largest absolute Gasteiger partial charge is 0.490 e. The molecule has 1 aromatic carbocycles. The predicted octanol–water partition coefficient (Wildman–Crippen LogP) is 3.97. The normalized spacial score (nSPS) is 27.8. The van der Waals surface area contributed by atoms with Gasteiger partial charge in [-0.2, -0.15) is 18.2 Å². The summed E-state index contributed by atoms with van der Waals surface area (Å²) in [7, 11) is 0. The van der Waals surface area contributed by atoms with Gasteiger partial charge >= 0.3 is 6.18 Å². The summed E-state index contributed by atoms with van der Waals surface area (Å²) in [5.74, 6) is 0.827. The van der Waals surface area contributed by atoms with Gasteiger partial charge in [-0.15, -0.1) is 0 Å². The van der Waals surface area contributed by atoms with E-state index >= 15 is 0 Å². The number of hydrogen-bond acceptors (Lipinski definition) is 4. The molecule has 134 valence electrons. The van der Waals surface area contributed by atoms with Gasteiger partial charge in [-0.3, -0.25) is 0 Å². The second-order valence-corrected chi connectivity index (χ2v) is 6.50. The van der Waals surface area contributed by atoms with Crippen LogP contribution < -0.4 is 9.47 Å². The molecular formula is C17H22F3NO3. The van der Waals surface area contributed by atoms with Crippen molar-refractivity contribution in [1.29, 1.82) is 0 Å². The molecule has 0 radical (unpaired) electrons. The average molecular weight is 345 g/mol. The maximum Gasteiger partial charge on any atom is 0.416 e. The summed E-state index contributed by atoms with van der Waals surface area (Å²) in [4.78, 5) is 0. The molecule has 0 unspecified atom stereocenters. The highest BCUT2D eigenvalue weighted by molar-refractivity contribution is 5.44. The average Bonchev–Trinajstić information content (AvgIpc) is 2.49. The van der Waals surface area contributed by atoms with E-state index in [9.17, 15) is 18.4 Å². The summed E-state index contributed by atoms with van der Waals surface area (Å²) in [5, 5.41) is 11.1. The predicted molar refractivity (Wildman–Crippen MR) is 81.2 cm³/mol. The van der Waals surface area contributed by atoms with Crippen LogP contribution in [0.25, 0.3) is 0 Å². The molecular weight excluding hydrogens is 323 g/mol. The second kappa shape index (κ2) is 6.80. The van der Waals surface area contributed by atoms with Crippen molar-refractivity contribution in [3.63, 3.8) is 0 Å². The van der Waals surface area contributed by atoms with Gasteiger partial charge in [-0.1, -0.05) is 6.42 Å². The lowest BCUT2D eigenvalue weighted by atomic mass is 9.76. The minimum absolute atomic E-state index is 0.0990. The zero-order chi connectivity index (χ0) is 17.3. The second-order valence-electron chi connectivity index (χ2n) is 6.50. The Morgan fingerprint density at radius 1 is 1.17 bits per heavy atom. The first kappa shape index (κ1) is 17.4. The lowest BCUT2D eigenvalue weighted by Gasteiger charge is -2.44. The van der Waals surface area contributed by atoms with Gasteiger partial charge in [0, 0.05) is 24.9 Å². The topological polar surface area (TPSA) is 41.9 Å². The molecule has 3 rings (SSSR count). The molecule has 0 spiro atoms. The number of piperidine rings is 1. The number of ether oxygens (including phenoxy) is 2. The summed E-state index contributed by atoms with van der Waals surface area (Å²) in [5.41, 5.74) is -0.747. The fourth-order valence-electron chi connectivity index (χ4n) is 3.75. The minimum atomic E-state index is -4.41. The van der Waals surface area contributed by atoms with E-state index in [2.05, 4.69) is 0 Å². The van der Waals surface area contributed by atoms with Gasteiger partial charge in [0.2, 0.25) is 0 Å². The number of hydroxylamine groups is 2. The summed E-state index contributed by atoms with van der Waals surface area (Å²) in [6.45, 7) is 3.06. The zero-order valence-corrected chi connectivity index (χ0v) is 13.6. The van der Waals surface area contributed by atoms with Crippen LogP contribution in [0.15, 0.2) is 18.2 Å². The van der Waals surface area contributed by atoms with Crippen molar-refractivity contribution in [2.24, 2.45) is 11.8 Å². The molecule has 1 saturated carbocycles. The van der Waals surface area contributed by atoms with Crippen molar-refractivity contribution in [3.05, 3.63) is 23.8 Å². The van der Waals surface area contributed by atoms with Crippen molar-refractivity contribution < 1.29 is 27.9 Å². The van der Waals surface area contributed by atoms with E-state index in [0.29, 0.717) is 18.8 Å². The molecule has 2 bridgehead atoms. The number of benzene rings is 1. The molecule has 2 aliphatic rings. The highest BCUT2D eigenvalue weighted by atomic mass is 19.4. The number of rotatable bonds is 4. The first-order chi connectivity index (χ1) is 11.4. The monoisotopic (exact) mass is 345 g/mol. The van der Waals surface area contributed by atoms with Crippen LogP contribution in [0.3, 0.4) is 0 Å². The molecule has 2 atom stereocenters. The fraction of sp³-hybridized carbons (Fsp3) is 0.647. The molecule has 0 aromatic heterocycles. The molecule has 0 amide bonds.